The molecule has 0 atom stereocenters. The summed E-state index contributed by atoms with van der Waals surface area (Å²) in [5.74, 6) is 1.33. The number of fused-ring (bicyclic) bond motifs is 1. The quantitative estimate of drug-likeness (QED) is 0.922. The molecule has 1 N–H and O–H groups in total. The van der Waals surface area contributed by atoms with Crippen LogP contribution in [0.5, 0.6) is 11.5 Å². The van der Waals surface area contributed by atoms with E-state index in [2.05, 4.69) is 16.8 Å². The van der Waals surface area contributed by atoms with E-state index in [1.54, 1.807) is 23.5 Å². The fraction of sp³-hybridized carbons (Fsp3) is 0.267. The van der Waals surface area contributed by atoms with Crippen LogP contribution in [0.1, 0.15) is 5.56 Å². The number of nitrogens with zero attached hydrogens (tertiary/aromatic N) is 1. The van der Waals surface area contributed by atoms with Gasteiger partial charge < -0.3 is 14.8 Å². The van der Waals surface area contributed by atoms with Crippen LogP contribution in [-0.4, -0.2) is 31.2 Å². The number of anilines is 1. The molecule has 0 unspecified atom stereocenters. The maximum absolute atomic E-state index is 12.0. The molecule has 0 saturated carbocycles. The molecule has 21 heavy (non-hydrogen) atoms. The highest BCUT2D eigenvalue weighted by atomic mass is 32.1. The summed E-state index contributed by atoms with van der Waals surface area (Å²) >= 11 is 1.66. The van der Waals surface area contributed by atoms with Gasteiger partial charge in [-0.3, -0.25) is 9.69 Å². The van der Waals surface area contributed by atoms with Gasteiger partial charge in [-0.05, 0) is 41.6 Å². The van der Waals surface area contributed by atoms with E-state index < -0.39 is 0 Å². The molecular weight excluding hydrogens is 288 g/mol. The first-order valence-corrected chi connectivity index (χ1v) is 7.54. The zero-order valence-corrected chi connectivity index (χ0v) is 12.5. The number of carbonyl (C=O) groups excluding carboxylic acids is 1. The Morgan fingerprint density at radius 1 is 1.33 bits per heavy atom. The monoisotopic (exact) mass is 304 g/mol. The third-order valence-corrected chi connectivity index (χ3v) is 3.83. The van der Waals surface area contributed by atoms with Crippen molar-refractivity contribution in [3.8, 4) is 11.5 Å². The molecule has 0 saturated heterocycles. The molecule has 0 fully saturated rings. The lowest BCUT2D eigenvalue weighted by Gasteiger charge is -2.15. The molecule has 5 nitrogen and oxygen atoms in total. The van der Waals surface area contributed by atoms with Crippen molar-refractivity contribution in [1.82, 2.24) is 4.90 Å². The standard InChI is InChI=1S/C15H16N2O3S/c1-17(7-11-4-5-21-9-11)8-15(18)16-12-2-3-13-14(6-12)20-10-19-13/h2-6,9H,7-8,10H2,1H3,(H,16,18). The summed E-state index contributed by atoms with van der Waals surface area (Å²) < 4.78 is 10.5. The normalized spacial score (nSPS) is 12.7. The average molecular weight is 304 g/mol. The number of thiophene rings is 1. The molecule has 0 radical (unpaired) electrons. The molecule has 2 aromatic rings. The minimum atomic E-state index is -0.0494. The number of likely N-dealkylation sites (N-methyl/N-ethyl adjacent to an activating group) is 1. The van der Waals surface area contributed by atoms with Crippen LogP contribution < -0.4 is 14.8 Å². The number of nitrogens with one attached hydrogen (secondary N) is 1. The molecule has 1 aliphatic heterocycles. The number of hydrogen-bond acceptors (Lipinski definition) is 5. The van der Waals surface area contributed by atoms with Crippen molar-refractivity contribution in [1.29, 1.82) is 0 Å². The second-order valence-electron chi connectivity index (χ2n) is 4.92. The third-order valence-electron chi connectivity index (χ3n) is 3.10. The summed E-state index contributed by atoms with van der Waals surface area (Å²) in [6.45, 7) is 1.33. The fourth-order valence-corrected chi connectivity index (χ4v) is 2.83. The van der Waals surface area contributed by atoms with Crippen molar-refractivity contribution >= 4 is 22.9 Å². The Labute approximate surface area is 127 Å². The summed E-state index contributed by atoms with van der Waals surface area (Å²) in [5, 5.41) is 7.00. The molecule has 1 aliphatic rings. The second kappa shape index (κ2) is 6.15. The van der Waals surface area contributed by atoms with Crippen LogP contribution in [0.15, 0.2) is 35.0 Å². The lowest BCUT2D eigenvalue weighted by atomic mass is 10.2. The molecule has 110 valence electrons. The molecule has 3 rings (SSSR count). The molecule has 0 bridgehead atoms. The van der Waals surface area contributed by atoms with Crippen LogP contribution in [0.25, 0.3) is 0 Å². The molecular formula is C15H16N2O3S. The molecule has 1 amide bonds. The summed E-state index contributed by atoms with van der Waals surface area (Å²) in [6, 6.07) is 7.45. The SMILES string of the molecule is CN(CC(=O)Nc1ccc2c(c1)OCO2)Cc1ccsc1. The van der Waals surface area contributed by atoms with E-state index in [1.165, 1.54) is 5.56 Å². The third kappa shape index (κ3) is 3.53. The summed E-state index contributed by atoms with van der Waals surface area (Å²) in [7, 11) is 1.93. The largest absolute Gasteiger partial charge is 0.454 e. The van der Waals surface area contributed by atoms with Crippen molar-refractivity contribution in [2.45, 2.75) is 6.54 Å². The van der Waals surface area contributed by atoms with Gasteiger partial charge in [-0.25, -0.2) is 0 Å². The molecule has 2 heterocycles. The van der Waals surface area contributed by atoms with Gasteiger partial charge in [0.05, 0.1) is 6.54 Å². The minimum absolute atomic E-state index is 0.0494. The Bertz CT molecular complexity index is 628. The van der Waals surface area contributed by atoms with E-state index in [0.717, 1.165) is 6.54 Å². The maximum atomic E-state index is 12.0. The maximum Gasteiger partial charge on any atom is 0.238 e. The van der Waals surface area contributed by atoms with Gasteiger partial charge in [-0.2, -0.15) is 11.3 Å². The lowest BCUT2D eigenvalue weighted by molar-refractivity contribution is -0.117. The van der Waals surface area contributed by atoms with Gasteiger partial charge in [0.15, 0.2) is 11.5 Å². The van der Waals surface area contributed by atoms with Crippen molar-refractivity contribution < 1.29 is 14.3 Å². The number of rotatable bonds is 5. The van der Waals surface area contributed by atoms with Gasteiger partial charge in [-0.15, -0.1) is 0 Å². The van der Waals surface area contributed by atoms with Gasteiger partial charge in [-0.1, -0.05) is 0 Å². The first-order chi connectivity index (χ1) is 10.2. The average Bonchev–Trinajstić information content (AvgIpc) is 3.08. The first-order valence-electron chi connectivity index (χ1n) is 6.60. The Morgan fingerprint density at radius 3 is 3.00 bits per heavy atom. The van der Waals surface area contributed by atoms with Gasteiger partial charge in [0.2, 0.25) is 12.7 Å². The highest BCUT2D eigenvalue weighted by Crippen LogP contribution is 2.34. The van der Waals surface area contributed by atoms with Gasteiger partial charge in [0, 0.05) is 18.3 Å². The van der Waals surface area contributed by atoms with Crippen LogP contribution in [0.3, 0.4) is 0 Å². The van der Waals surface area contributed by atoms with E-state index in [0.29, 0.717) is 23.7 Å². The number of carbonyl (C=O) groups is 1. The smallest absolute Gasteiger partial charge is 0.238 e. The molecule has 1 aromatic carbocycles. The topological polar surface area (TPSA) is 50.8 Å². The molecule has 6 heteroatoms. The van der Waals surface area contributed by atoms with E-state index in [9.17, 15) is 4.79 Å². The van der Waals surface area contributed by atoms with Gasteiger partial charge >= 0.3 is 0 Å². The fourth-order valence-electron chi connectivity index (χ4n) is 2.17. The van der Waals surface area contributed by atoms with Crippen molar-refractivity contribution in [2.24, 2.45) is 0 Å². The highest BCUT2D eigenvalue weighted by molar-refractivity contribution is 7.07. The molecule has 0 spiro atoms. The van der Waals surface area contributed by atoms with Gasteiger partial charge in [0.1, 0.15) is 0 Å². The van der Waals surface area contributed by atoms with Crippen LogP contribution in [0, 0.1) is 0 Å². The van der Waals surface area contributed by atoms with E-state index in [-0.39, 0.29) is 12.7 Å². The Hall–Kier alpha value is -2.05. The number of amides is 1. The van der Waals surface area contributed by atoms with Gasteiger partial charge in [0.25, 0.3) is 0 Å². The highest BCUT2D eigenvalue weighted by Gasteiger charge is 2.14. The van der Waals surface area contributed by atoms with Crippen molar-refractivity contribution in [3.05, 3.63) is 40.6 Å². The van der Waals surface area contributed by atoms with Crippen LogP contribution in [-0.2, 0) is 11.3 Å². The predicted molar refractivity (Wildman–Crippen MR) is 81.8 cm³/mol. The van der Waals surface area contributed by atoms with Crippen molar-refractivity contribution in [2.75, 3.05) is 25.7 Å². The van der Waals surface area contributed by atoms with E-state index >= 15 is 0 Å². The van der Waals surface area contributed by atoms with E-state index in [1.807, 2.05) is 23.4 Å². The predicted octanol–water partition coefficient (Wildman–Crippen LogP) is 2.55. The zero-order chi connectivity index (χ0) is 14.7. The summed E-state index contributed by atoms with van der Waals surface area (Å²) in [5.41, 5.74) is 1.94. The zero-order valence-electron chi connectivity index (χ0n) is 11.7. The van der Waals surface area contributed by atoms with Crippen LogP contribution in [0.4, 0.5) is 5.69 Å². The summed E-state index contributed by atoms with van der Waals surface area (Å²) in [4.78, 5) is 14.0. The lowest BCUT2D eigenvalue weighted by Crippen LogP contribution is -2.29. The Morgan fingerprint density at radius 2 is 2.19 bits per heavy atom. The van der Waals surface area contributed by atoms with E-state index in [4.69, 9.17) is 9.47 Å². The van der Waals surface area contributed by atoms with Crippen LogP contribution >= 0.6 is 11.3 Å². The number of ether oxygens (including phenoxy) is 2. The number of hydrogen-bond donors (Lipinski definition) is 1. The molecule has 0 aliphatic carbocycles. The van der Waals surface area contributed by atoms with Crippen LogP contribution in [0.2, 0.25) is 0 Å². The Balaban J connectivity index is 1.54. The molecule has 1 aromatic heterocycles. The number of benzene rings is 1. The minimum Gasteiger partial charge on any atom is -0.454 e. The summed E-state index contributed by atoms with van der Waals surface area (Å²) in [6.07, 6.45) is 0. The first kappa shape index (κ1) is 13.9. The van der Waals surface area contributed by atoms with Crippen molar-refractivity contribution in [3.63, 3.8) is 0 Å². The Kier molecular flexibility index (Phi) is 4.08. The second-order valence-corrected chi connectivity index (χ2v) is 5.70.